The monoisotopic (exact) mass is 245 g/mol. The van der Waals surface area contributed by atoms with Crippen molar-refractivity contribution in [1.29, 1.82) is 0 Å². The number of carboxylic acids is 1. The quantitative estimate of drug-likeness (QED) is 0.644. The highest BCUT2D eigenvalue weighted by atomic mass is 16.5. The molecule has 17 heavy (non-hydrogen) atoms. The van der Waals surface area contributed by atoms with Crippen LogP contribution in [0.4, 0.5) is 0 Å². The highest BCUT2D eigenvalue weighted by molar-refractivity contribution is 5.84. The van der Waals surface area contributed by atoms with Crippen molar-refractivity contribution < 1.29 is 19.4 Å². The van der Waals surface area contributed by atoms with E-state index in [0.717, 1.165) is 19.3 Å². The second kappa shape index (κ2) is 8.98. The van der Waals surface area contributed by atoms with Gasteiger partial charge in [-0.15, -0.1) is 0 Å². The van der Waals surface area contributed by atoms with Crippen molar-refractivity contribution in [2.24, 2.45) is 5.92 Å². The normalized spacial score (nSPS) is 14.1. The average molecular weight is 245 g/mol. The lowest BCUT2D eigenvalue weighted by Crippen LogP contribution is -2.43. The van der Waals surface area contributed by atoms with Crippen molar-refractivity contribution in [2.75, 3.05) is 13.7 Å². The van der Waals surface area contributed by atoms with Crippen LogP contribution >= 0.6 is 0 Å². The Hall–Kier alpha value is -1.10. The molecule has 0 heterocycles. The summed E-state index contributed by atoms with van der Waals surface area (Å²) in [6, 6.07) is -0.855. The molecule has 0 fully saturated rings. The highest BCUT2D eigenvalue weighted by Crippen LogP contribution is 2.08. The number of carbonyl (C=O) groups is 2. The summed E-state index contributed by atoms with van der Waals surface area (Å²) < 4.78 is 4.81. The van der Waals surface area contributed by atoms with Gasteiger partial charge in [-0.05, 0) is 6.42 Å². The number of carboxylic acid groups (broad SMARTS) is 1. The summed E-state index contributed by atoms with van der Waals surface area (Å²) in [5.74, 6) is -1.35. The van der Waals surface area contributed by atoms with E-state index in [4.69, 9.17) is 9.84 Å². The molecule has 0 saturated carbocycles. The molecule has 0 rings (SSSR count). The molecule has 0 bridgehead atoms. The molecule has 0 aromatic heterocycles. The van der Waals surface area contributed by atoms with Crippen LogP contribution in [0, 0.1) is 5.92 Å². The Morgan fingerprint density at radius 1 is 1.35 bits per heavy atom. The smallest absolute Gasteiger partial charge is 0.326 e. The van der Waals surface area contributed by atoms with Crippen LogP contribution < -0.4 is 5.32 Å². The largest absolute Gasteiger partial charge is 0.480 e. The molecular formula is C12H23NO4. The third kappa shape index (κ3) is 6.94. The molecule has 0 aliphatic heterocycles. The van der Waals surface area contributed by atoms with Crippen molar-refractivity contribution in [3.8, 4) is 0 Å². The van der Waals surface area contributed by atoms with Gasteiger partial charge in [0.2, 0.25) is 5.91 Å². The van der Waals surface area contributed by atoms with Gasteiger partial charge in [-0.2, -0.15) is 0 Å². The maximum atomic E-state index is 11.7. The molecular weight excluding hydrogens is 222 g/mol. The Kier molecular flexibility index (Phi) is 8.40. The predicted octanol–water partition coefficient (Wildman–Crippen LogP) is 1.42. The van der Waals surface area contributed by atoms with E-state index in [-0.39, 0.29) is 18.2 Å². The number of hydrogen-bond acceptors (Lipinski definition) is 3. The zero-order chi connectivity index (χ0) is 13.3. The van der Waals surface area contributed by atoms with E-state index < -0.39 is 12.0 Å². The maximum Gasteiger partial charge on any atom is 0.326 e. The van der Waals surface area contributed by atoms with Gasteiger partial charge in [-0.3, -0.25) is 4.79 Å². The Balaban J connectivity index is 4.15. The Bertz CT molecular complexity index is 243. The number of aliphatic carboxylic acids is 1. The van der Waals surface area contributed by atoms with Gasteiger partial charge >= 0.3 is 5.97 Å². The molecule has 2 unspecified atom stereocenters. The summed E-state index contributed by atoms with van der Waals surface area (Å²) in [7, 11) is 1.50. The first-order valence-corrected chi connectivity index (χ1v) is 6.05. The number of unbranched alkanes of at least 4 members (excludes halogenated alkanes) is 1. The van der Waals surface area contributed by atoms with Gasteiger partial charge in [0, 0.05) is 26.1 Å². The Morgan fingerprint density at radius 2 is 2.00 bits per heavy atom. The van der Waals surface area contributed by atoms with Gasteiger partial charge in [-0.25, -0.2) is 4.79 Å². The van der Waals surface area contributed by atoms with Gasteiger partial charge in [0.25, 0.3) is 0 Å². The van der Waals surface area contributed by atoms with Gasteiger partial charge < -0.3 is 15.2 Å². The van der Waals surface area contributed by atoms with Gasteiger partial charge in [0.15, 0.2) is 0 Å². The molecule has 1 amide bonds. The molecule has 2 N–H and O–H groups in total. The standard InChI is InChI=1S/C12H23NO4/c1-4-5-6-9(2)11(14)13-10(12(15)16)7-8-17-3/h9-10H,4-8H2,1-3H3,(H,13,14)(H,15,16). The van der Waals surface area contributed by atoms with Crippen molar-refractivity contribution in [1.82, 2.24) is 5.32 Å². The lowest BCUT2D eigenvalue weighted by Gasteiger charge is -2.17. The highest BCUT2D eigenvalue weighted by Gasteiger charge is 2.22. The van der Waals surface area contributed by atoms with Crippen LogP contribution in [0.3, 0.4) is 0 Å². The van der Waals surface area contributed by atoms with Crippen LogP contribution in [0.25, 0.3) is 0 Å². The molecule has 0 aromatic carbocycles. The number of amides is 1. The number of nitrogens with one attached hydrogen (secondary N) is 1. The first-order chi connectivity index (χ1) is 8.02. The van der Waals surface area contributed by atoms with E-state index in [2.05, 4.69) is 12.2 Å². The van der Waals surface area contributed by atoms with E-state index in [9.17, 15) is 9.59 Å². The molecule has 2 atom stereocenters. The molecule has 0 radical (unpaired) electrons. The van der Waals surface area contributed by atoms with Crippen LogP contribution in [0.2, 0.25) is 0 Å². The van der Waals surface area contributed by atoms with Crippen molar-refractivity contribution in [3.63, 3.8) is 0 Å². The molecule has 100 valence electrons. The number of methoxy groups -OCH3 is 1. The minimum Gasteiger partial charge on any atom is -0.480 e. The van der Waals surface area contributed by atoms with Crippen LogP contribution in [0.1, 0.15) is 39.5 Å². The Morgan fingerprint density at radius 3 is 2.47 bits per heavy atom. The maximum absolute atomic E-state index is 11.7. The van der Waals surface area contributed by atoms with Crippen LogP contribution in [-0.4, -0.2) is 36.7 Å². The van der Waals surface area contributed by atoms with Gasteiger partial charge in [0.05, 0.1) is 0 Å². The predicted molar refractivity (Wildman–Crippen MR) is 64.7 cm³/mol. The SMILES string of the molecule is CCCCC(C)C(=O)NC(CCOC)C(=O)O. The summed E-state index contributed by atoms with van der Waals surface area (Å²) in [5, 5.41) is 11.5. The summed E-state index contributed by atoms with van der Waals surface area (Å²) >= 11 is 0. The van der Waals surface area contributed by atoms with Gasteiger partial charge in [-0.1, -0.05) is 26.7 Å². The van der Waals surface area contributed by atoms with Crippen LogP contribution in [0.5, 0.6) is 0 Å². The minimum absolute atomic E-state index is 0.139. The second-order valence-electron chi connectivity index (χ2n) is 4.22. The zero-order valence-corrected chi connectivity index (χ0v) is 10.9. The lowest BCUT2D eigenvalue weighted by atomic mass is 10.0. The number of carbonyl (C=O) groups excluding carboxylic acids is 1. The number of rotatable bonds is 9. The van der Waals surface area contributed by atoms with E-state index in [1.54, 1.807) is 0 Å². The first kappa shape index (κ1) is 15.9. The third-order valence-electron chi connectivity index (χ3n) is 2.66. The fourth-order valence-electron chi connectivity index (χ4n) is 1.45. The summed E-state index contributed by atoms with van der Waals surface area (Å²) in [4.78, 5) is 22.6. The Labute approximate surface area is 103 Å². The minimum atomic E-state index is -1.02. The molecule has 0 aromatic rings. The molecule has 5 heteroatoms. The van der Waals surface area contributed by atoms with E-state index in [0.29, 0.717) is 6.61 Å². The van der Waals surface area contributed by atoms with E-state index >= 15 is 0 Å². The molecule has 0 saturated heterocycles. The zero-order valence-electron chi connectivity index (χ0n) is 10.9. The first-order valence-electron chi connectivity index (χ1n) is 6.05. The lowest BCUT2D eigenvalue weighted by molar-refractivity contribution is -0.142. The van der Waals surface area contributed by atoms with E-state index in [1.165, 1.54) is 7.11 Å². The molecule has 0 aliphatic rings. The fourth-order valence-corrected chi connectivity index (χ4v) is 1.45. The fraction of sp³-hybridized carbons (Fsp3) is 0.833. The molecule has 0 aliphatic carbocycles. The summed E-state index contributed by atoms with van der Waals surface area (Å²) in [6.45, 7) is 4.20. The van der Waals surface area contributed by atoms with E-state index in [1.807, 2.05) is 6.92 Å². The topological polar surface area (TPSA) is 75.6 Å². The second-order valence-corrected chi connectivity index (χ2v) is 4.22. The molecule has 0 spiro atoms. The van der Waals surface area contributed by atoms with Crippen molar-refractivity contribution >= 4 is 11.9 Å². The van der Waals surface area contributed by atoms with Crippen LogP contribution in [0.15, 0.2) is 0 Å². The average Bonchev–Trinajstić information content (AvgIpc) is 2.30. The van der Waals surface area contributed by atoms with Crippen LogP contribution in [-0.2, 0) is 14.3 Å². The van der Waals surface area contributed by atoms with Gasteiger partial charge in [0.1, 0.15) is 6.04 Å². The molecule has 5 nitrogen and oxygen atoms in total. The number of hydrogen-bond donors (Lipinski definition) is 2. The third-order valence-corrected chi connectivity index (χ3v) is 2.66. The summed E-state index contributed by atoms with van der Waals surface area (Å²) in [5.41, 5.74) is 0. The number of ether oxygens (including phenoxy) is 1. The van der Waals surface area contributed by atoms with Crippen molar-refractivity contribution in [2.45, 2.75) is 45.6 Å². The summed E-state index contributed by atoms with van der Waals surface area (Å²) in [6.07, 6.45) is 3.09. The van der Waals surface area contributed by atoms with Crippen molar-refractivity contribution in [3.05, 3.63) is 0 Å².